The minimum Gasteiger partial charge on any atom is -0.353 e. The fourth-order valence-corrected chi connectivity index (χ4v) is 4.41. The second-order valence-electron chi connectivity index (χ2n) is 8.38. The maximum atomic E-state index is 12.5. The number of nitrogens with one attached hydrogen (secondary N) is 1. The van der Waals surface area contributed by atoms with Crippen molar-refractivity contribution in [3.8, 4) is 0 Å². The molecule has 1 aromatic carbocycles. The molecule has 2 aliphatic rings. The highest BCUT2D eigenvalue weighted by Crippen LogP contribution is 2.18. The summed E-state index contributed by atoms with van der Waals surface area (Å²) in [7, 11) is 0. The molecule has 2 amide bonds. The Hall–Kier alpha value is -2.70. The average Bonchev–Trinajstić information content (AvgIpc) is 2.89. The van der Waals surface area contributed by atoms with Crippen molar-refractivity contribution in [1.82, 2.24) is 25.0 Å². The Kier molecular flexibility index (Phi) is 6.77. The van der Waals surface area contributed by atoms with Gasteiger partial charge in [0.2, 0.25) is 11.8 Å². The van der Waals surface area contributed by atoms with Gasteiger partial charge < -0.3 is 14.8 Å². The molecule has 3 heterocycles. The Balaban J connectivity index is 1.28. The van der Waals surface area contributed by atoms with Gasteiger partial charge in [0.05, 0.1) is 0 Å². The van der Waals surface area contributed by atoms with E-state index in [4.69, 9.17) is 0 Å². The van der Waals surface area contributed by atoms with E-state index in [1.165, 1.54) is 5.56 Å². The van der Waals surface area contributed by atoms with Crippen LogP contribution in [0.4, 0.5) is 0 Å². The van der Waals surface area contributed by atoms with Crippen LogP contribution in [0, 0.1) is 0 Å². The number of carbonyl (C=O) groups is 2. The molecule has 1 aromatic heterocycles. The van der Waals surface area contributed by atoms with Crippen LogP contribution in [-0.4, -0.2) is 50.6 Å². The summed E-state index contributed by atoms with van der Waals surface area (Å²) >= 11 is 0. The predicted octanol–water partition coefficient (Wildman–Crippen LogP) is 2.48. The maximum absolute atomic E-state index is 12.5. The number of likely N-dealkylation sites (tertiary alicyclic amines) is 1. The Bertz CT molecular complexity index is 864. The van der Waals surface area contributed by atoms with E-state index in [-0.39, 0.29) is 17.9 Å². The standard InChI is InChI=1S/C23H31N5O2/c29-22(13-15-27-14-6-2-5-9-23(27)30)24-19-10-11-20-25-26-21(28(20)16-12-19)17-18-7-3-1-4-8-18/h1,3-4,7-8,19H,2,5-6,9-17H2,(H,24,29). The molecular weight excluding hydrogens is 378 g/mol. The largest absolute Gasteiger partial charge is 0.353 e. The molecule has 0 spiro atoms. The van der Waals surface area contributed by atoms with E-state index in [2.05, 4.69) is 32.2 Å². The van der Waals surface area contributed by atoms with Crippen LogP contribution in [0.2, 0.25) is 0 Å². The SMILES string of the molecule is O=C(CCN1CCCCCC1=O)NC1CCc2nnc(Cc3ccccc3)n2CC1. The summed E-state index contributed by atoms with van der Waals surface area (Å²) < 4.78 is 2.22. The summed E-state index contributed by atoms with van der Waals surface area (Å²) in [6, 6.07) is 10.5. The fourth-order valence-electron chi connectivity index (χ4n) is 4.41. The van der Waals surface area contributed by atoms with Crippen molar-refractivity contribution in [2.75, 3.05) is 13.1 Å². The first-order valence-corrected chi connectivity index (χ1v) is 11.2. The van der Waals surface area contributed by atoms with Crippen LogP contribution < -0.4 is 5.32 Å². The van der Waals surface area contributed by atoms with Crippen LogP contribution >= 0.6 is 0 Å². The second-order valence-corrected chi connectivity index (χ2v) is 8.38. The quantitative estimate of drug-likeness (QED) is 0.795. The van der Waals surface area contributed by atoms with Crippen molar-refractivity contribution in [2.24, 2.45) is 0 Å². The van der Waals surface area contributed by atoms with E-state index in [0.29, 0.717) is 19.4 Å². The molecule has 1 unspecified atom stereocenters. The zero-order valence-electron chi connectivity index (χ0n) is 17.6. The number of benzene rings is 1. The summed E-state index contributed by atoms with van der Waals surface area (Å²) in [6.07, 6.45) is 7.46. The van der Waals surface area contributed by atoms with Gasteiger partial charge in [0, 0.05) is 51.4 Å². The fraction of sp³-hybridized carbons (Fsp3) is 0.565. The van der Waals surface area contributed by atoms with Crippen molar-refractivity contribution in [1.29, 1.82) is 0 Å². The van der Waals surface area contributed by atoms with Crippen LogP contribution in [-0.2, 0) is 29.0 Å². The second kappa shape index (κ2) is 9.87. The average molecular weight is 410 g/mol. The molecule has 160 valence electrons. The molecule has 1 fully saturated rings. The van der Waals surface area contributed by atoms with Gasteiger partial charge >= 0.3 is 0 Å². The number of aromatic nitrogens is 3. The van der Waals surface area contributed by atoms with Crippen molar-refractivity contribution >= 4 is 11.8 Å². The first-order chi connectivity index (χ1) is 14.7. The number of rotatable bonds is 6. The van der Waals surface area contributed by atoms with Gasteiger partial charge in [-0.3, -0.25) is 9.59 Å². The zero-order chi connectivity index (χ0) is 20.8. The number of hydrogen-bond donors (Lipinski definition) is 1. The number of amides is 2. The Morgan fingerprint density at radius 3 is 2.77 bits per heavy atom. The van der Waals surface area contributed by atoms with Crippen LogP contribution in [0.25, 0.3) is 0 Å². The van der Waals surface area contributed by atoms with Gasteiger partial charge in [-0.2, -0.15) is 0 Å². The highest BCUT2D eigenvalue weighted by Gasteiger charge is 2.22. The highest BCUT2D eigenvalue weighted by atomic mass is 16.2. The van der Waals surface area contributed by atoms with Crippen molar-refractivity contribution in [3.05, 3.63) is 47.5 Å². The van der Waals surface area contributed by atoms with Crippen molar-refractivity contribution < 1.29 is 9.59 Å². The van der Waals surface area contributed by atoms with E-state index < -0.39 is 0 Å². The molecule has 2 aromatic rings. The van der Waals surface area contributed by atoms with Crippen molar-refractivity contribution in [2.45, 2.75) is 70.4 Å². The number of hydrogen-bond acceptors (Lipinski definition) is 4. The van der Waals surface area contributed by atoms with Crippen LogP contribution in [0.3, 0.4) is 0 Å². The lowest BCUT2D eigenvalue weighted by molar-refractivity contribution is -0.131. The minimum absolute atomic E-state index is 0.0409. The molecule has 4 rings (SSSR count). The van der Waals surface area contributed by atoms with E-state index in [1.54, 1.807) is 0 Å². The smallest absolute Gasteiger partial charge is 0.222 e. The summed E-state index contributed by atoms with van der Waals surface area (Å²) in [5.74, 6) is 2.23. The summed E-state index contributed by atoms with van der Waals surface area (Å²) in [6.45, 7) is 2.14. The normalized spacial score (nSPS) is 19.7. The van der Waals surface area contributed by atoms with E-state index >= 15 is 0 Å². The Labute approximate surface area is 177 Å². The zero-order valence-corrected chi connectivity index (χ0v) is 17.6. The third-order valence-electron chi connectivity index (χ3n) is 6.17. The molecule has 0 saturated carbocycles. The lowest BCUT2D eigenvalue weighted by Crippen LogP contribution is -2.39. The van der Waals surface area contributed by atoms with Crippen LogP contribution in [0.5, 0.6) is 0 Å². The lowest BCUT2D eigenvalue weighted by Gasteiger charge is -2.21. The van der Waals surface area contributed by atoms with E-state index in [0.717, 1.165) is 69.7 Å². The molecule has 0 aliphatic carbocycles. The molecule has 7 nitrogen and oxygen atoms in total. The molecule has 1 saturated heterocycles. The van der Waals surface area contributed by atoms with Gasteiger partial charge in [-0.05, 0) is 31.2 Å². The van der Waals surface area contributed by atoms with Crippen molar-refractivity contribution in [3.63, 3.8) is 0 Å². The summed E-state index contributed by atoms with van der Waals surface area (Å²) in [5, 5.41) is 12.0. The monoisotopic (exact) mass is 409 g/mol. The number of carbonyl (C=O) groups excluding carboxylic acids is 2. The summed E-state index contributed by atoms with van der Waals surface area (Å²) in [4.78, 5) is 26.5. The molecule has 1 N–H and O–H groups in total. The lowest BCUT2D eigenvalue weighted by atomic mass is 10.1. The number of fused-ring (bicyclic) bond motifs is 1. The van der Waals surface area contributed by atoms with Gasteiger partial charge in [-0.1, -0.05) is 36.8 Å². The Morgan fingerprint density at radius 2 is 1.90 bits per heavy atom. The molecule has 7 heteroatoms. The first kappa shape index (κ1) is 20.6. The molecular formula is C23H31N5O2. The van der Waals surface area contributed by atoms with Gasteiger partial charge in [-0.25, -0.2) is 0 Å². The topological polar surface area (TPSA) is 80.1 Å². The third-order valence-corrected chi connectivity index (χ3v) is 6.17. The molecule has 0 radical (unpaired) electrons. The Morgan fingerprint density at radius 1 is 1.03 bits per heavy atom. The van der Waals surface area contributed by atoms with Gasteiger partial charge in [0.15, 0.2) is 0 Å². The third kappa shape index (κ3) is 5.26. The van der Waals surface area contributed by atoms with Gasteiger partial charge in [0.1, 0.15) is 11.6 Å². The van der Waals surface area contributed by atoms with Crippen LogP contribution in [0.1, 0.15) is 62.2 Å². The van der Waals surface area contributed by atoms with Gasteiger partial charge in [-0.15, -0.1) is 10.2 Å². The maximum Gasteiger partial charge on any atom is 0.222 e. The first-order valence-electron chi connectivity index (χ1n) is 11.2. The number of nitrogens with zero attached hydrogens (tertiary/aromatic N) is 4. The summed E-state index contributed by atoms with van der Waals surface area (Å²) in [5.41, 5.74) is 1.23. The van der Waals surface area contributed by atoms with E-state index in [9.17, 15) is 9.59 Å². The highest BCUT2D eigenvalue weighted by molar-refractivity contribution is 5.79. The number of aryl methyl sites for hydroxylation is 1. The molecule has 30 heavy (non-hydrogen) atoms. The molecule has 2 aliphatic heterocycles. The van der Waals surface area contributed by atoms with Gasteiger partial charge in [0.25, 0.3) is 0 Å². The van der Waals surface area contributed by atoms with Crippen LogP contribution in [0.15, 0.2) is 30.3 Å². The predicted molar refractivity (Wildman–Crippen MR) is 114 cm³/mol. The minimum atomic E-state index is 0.0409. The molecule has 1 atom stereocenters. The van der Waals surface area contributed by atoms with E-state index in [1.807, 2.05) is 23.1 Å². The molecule has 0 bridgehead atoms.